The first-order chi connectivity index (χ1) is 9.04. The molecule has 2 heterocycles. The zero-order valence-electron chi connectivity index (χ0n) is 11.3. The highest BCUT2D eigenvalue weighted by Gasteiger charge is 2.27. The summed E-state index contributed by atoms with van der Waals surface area (Å²) in [6.07, 6.45) is 3.09. The third kappa shape index (κ3) is 2.05. The van der Waals surface area contributed by atoms with Crippen molar-refractivity contribution in [3.63, 3.8) is 0 Å². The van der Waals surface area contributed by atoms with E-state index in [0.717, 1.165) is 29.1 Å². The number of nitrogens with zero attached hydrogens (tertiary/aromatic N) is 4. The average molecular weight is 256 g/mol. The molecule has 1 atom stereocenters. The van der Waals surface area contributed by atoms with Crippen LogP contribution in [-0.4, -0.2) is 25.5 Å². The number of carbonyl (C=O) groups excluding carboxylic acids is 1. The first-order valence-corrected chi connectivity index (χ1v) is 6.47. The molecule has 0 fully saturated rings. The molecule has 0 unspecified atom stereocenters. The van der Waals surface area contributed by atoms with Gasteiger partial charge in [0, 0.05) is 17.8 Å². The summed E-state index contributed by atoms with van der Waals surface area (Å²) in [5.74, 6) is 1.08. The van der Waals surface area contributed by atoms with Crippen molar-refractivity contribution < 1.29 is 4.79 Å². The molecule has 19 heavy (non-hydrogen) atoms. The first-order valence-electron chi connectivity index (χ1n) is 6.47. The summed E-state index contributed by atoms with van der Waals surface area (Å²) in [6, 6.07) is 1.92. The third-order valence-electron chi connectivity index (χ3n) is 3.40. The molecule has 0 bridgehead atoms. The molecule has 2 aromatic rings. The number of hydrogen-bond acceptors (Lipinski definition) is 4. The second kappa shape index (κ2) is 4.26. The number of hydrogen-bond donors (Lipinski definition) is 0. The van der Waals surface area contributed by atoms with E-state index in [1.165, 1.54) is 0 Å². The lowest BCUT2D eigenvalue weighted by atomic mass is 9.88. The van der Waals surface area contributed by atoms with E-state index in [4.69, 9.17) is 0 Å². The summed E-state index contributed by atoms with van der Waals surface area (Å²) in [7, 11) is 0. The summed E-state index contributed by atoms with van der Waals surface area (Å²) in [5, 5.41) is 4.31. The van der Waals surface area contributed by atoms with Gasteiger partial charge in [0.05, 0.1) is 17.5 Å². The number of ketones is 1. The Morgan fingerprint density at radius 2 is 1.89 bits per heavy atom. The Morgan fingerprint density at radius 3 is 2.58 bits per heavy atom. The third-order valence-corrected chi connectivity index (χ3v) is 3.40. The number of aryl methyl sites for hydroxylation is 2. The molecule has 0 spiro atoms. The van der Waals surface area contributed by atoms with Gasteiger partial charge in [-0.1, -0.05) is 6.92 Å². The molecule has 0 saturated heterocycles. The van der Waals surface area contributed by atoms with Crippen molar-refractivity contribution >= 4 is 5.78 Å². The molecule has 98 valence electrons. The normalized spacial score (nSPS) is 18.5. The first kappa shape index (κ1) is 12.0. The SMILES string of the molecule is Cc1cc(C)nc(-n2ncc3c2C[C@H](C)CC3=O)n1. The Hall–Kier alpha value is -2.04. The number of fused-ring (bicyclic) bond motifs is 1. The standard InChI is InChI=1S/C14H16N4O/c1-8-4-12-11(13(19)5-8)7-15-18(12)14-16-9(2)6-10(3)17-14/h6-8H,4-5H2,1-3H3/t8-/m0/s1. The number of aromatic nitrogens is 4. The predicted octanol–water partition coefficient (Wildman–Crippen LogP) is 2.04. The van der Waals surface area contributed by atoms with Crippen LogP contribution in [-0.2, 0) is 6.42 Å². The highest BCUT2D eigenvalue weighted by atomic mass is 16.1. The van der Waals surface area contributed by atoms with Crippen LogP contribution in [0.2, 0.25) is 0 Å². The van der Waals surface area contributed by atoms with Gasteiger partial charge in [-0.05, 0) is 32.3 Å². The minimum atomic E-state index is 0.171. The lowest BCUT2D eigenvalue weighted by Gasteiger charge is -2.18. The van der Waals surface area contributed by atoms with Gasteiger partial charge in [0.15, 0.2) is 5.78 Å². The van der Waals surface area contributed by atoms with Gasteiger partial charge < -0.3 is 0 Å². The Balaban J connectivity index is 2.14. The van der Waals surface area contributed by atoms with Gasteiger partial charge in [0.25, 0.3) is 5.95 Å². The minimum absolute atomic E-state index is 0.171. The zero-order chi connectivity index (χ0) is 13.6. The van der Waals surface area contributed by atoms with E-state index in [0.29, 0.717) is 18.3 Å². The predicted molar refractivity (Wildman–Crippen MR) is 70.4 cm³/mol. The van der Waals surface area contributed by atoms with Crippen LogP contribution in [0.3, 0.4) is 0 Å². The van der Waals surface area contributed by atoms with Gasteiger partial charge in [-0.2, -0.15) is 5.10 Å². The fourth-order valence-electron chi connectivity index (χ4n) is 2.61. The van der Waals surface area contributed by atoms with Gasteiger partial charge in [-0.15, -0.1) is 0 Å². The number of carbonyl (C=O) groups is 1. The van der Waals surface area contributed by atoms with Gasteiger partial charge in [0.2, 0.25) is 0 Å². The van der Waals surface area contributed by atoms with Crippen LogP contribution in [0.1, 0.15) is 40.8 Å². The second-order valence-electron chi connectivity index (χ2n) is 5.30. The minimum Gasteiger partial charge on any atom is -0.294 e. The highest BCUT2D eigenvalue weighted by Crippen LogP contribution is 2.26. The van der Waals surface area contributed by atoms with Gasteiger partial charge in [-0.3, -0.25) is 4.79 Å². The van der Waals surface area contributed by atoms with Crippen LogP contribution >= 0.6 is 0 Å². The van der Waals surface area contributed by atoms with Crippen LogP contribution < -0.4 is 0 Å². The lowest BCUT2D eigenvalue weighted by Crippen LogP contribution is -2.20. The second-order valence-corrected chi connectivity index (χ2v) is 5.30. The molecular weight excluding hydrogens is 240 g/mol. The van der Waals surface area contributed by atoms with Gasteiger partial charge in [-0.25, -0.2) is 14.6 Å². The Labute approximate surface area is 111 Å². The molecule has 5 heteroatoms. The van der Waals surface area contributed by atoms with E-state index in [9.17, 15) is 4.79 Å². The molecule has 0 aromatic carbocycles. The average Bonchev–Trinajstić information content (AvgIpc) is 2.71. The van der Waals surface area contributed by atoms with E-state index < -0.39 is 0 Å². The Kier molecular flexibility index (Phi) is 2.69. The summed E-state index contributed by atoms with van der Waals surface area (Å²) in [4.78, 5) is 20.8. The quantitative estimate of drug-likeness (QED) is 0.783. The van der Waals surface area contributed by atoms with Gasteiger partial charge in [0.1, 0.15) is 0 Å². The summed E-state index contributed by atoms with van der Waals surface area (Å²) >= 11 is 0. The molecule has 2 aromatic heterocycles. The van der Waals surface area contributed by atoms with Crippen molar-refractivity contribution in [3.8, 4) is 5.95 Å². The molecule has 3 rings (SSSR count). The number of rotatable bonds is 1. The molecule has 5 nitrogen and oxygen atoms in total. The maximum atomic E-state index is 12.0. The highest BCUT2D eigenvalue weighted by molar-refractivity contribution is 5.98. The Morgan fingerprint density at radius 1 is 1.21 bits per heavy atom. The molecule has 0 amide bonds. The summed E-state index contributed by atoms with van der Waals surface area (Å²) in [6.45, 7) is 5.95. The van der Waals surface area contributed by atoms with E-state index in [2.05, 4.69) is 22.0 Å². The molecule has 1 aliphatic rings. The van der Waals surface area contributed by atoms with Crippen molar-refractivity contribution in [3.05, 3.63) is 34.9 Å². The van der Waals surface area contributed by atoms with Crippen LogP contribution in [0.5, 0.6) is 0 Å². The van der Waals surface area contributed by atoms with E-state index >= 15 is 0 Å². The monoisotopic (exact) mass is 256 g/mol. The van der Waals surface area contributed by atoms with Crippen molar-refractivity contribution in [1.82, 2.24) is 19.7 Å². The van der Waals surface area contributed by atoms with E-state index in [1.54, 1.807) is 10.9 Å². The molecule has 0 aliphatic heterocycles. The molecule has 0 radical (unpaired) electrons. The van der Waals surface area contributed by atoms with Crippen molar-refractivity contribution in [2.45, 2.75) is 33.6 Å². The lowest BCUT2D eigenvalue weighted by molar-refractivity contribution is 0.0952. The molecular formula is C14H16N4O. The summed E-state index contributed by atoms with van der Waals surface area (Å²) < 4.78 is 1.71. The van der Waals surface area contributed by atoms with Crippen LogP contribution in [0, 0.1) is 19.8 Å². The maximum absolute atomic E-state index is 12.0. The fraction of sp³-hybridized carbons (Fsp3) is 0.429. The van der Waals surface area contributed by atoms with E-state index in [-0.39, 0.29) is 5.78 Å². The van der Waals surface area contributed by atoms with Crippen molar-refractivity contribution in [2.24, 2.45) is 5.92 Å². The molecule has 0 N–H and O–H groups in total. The summed E-state index contributed by atoms with van der Waals surface area (Å²) in [5.41, 5.74) is 3.47. The van der Waals surface area contributed by atoms with Crippen LogP contribution in [0.4, 0.5) is 0 Å². The molecule has 1 aliphatic carbocycles. The largest absolute Gasteiger partial charge is 0.294 e. The van der Waals surface area contributed by atoms with Gasteiger partial charge >= 0.3 is 0 Å². The maximum Gasteiger partial charge on any atom is 0.251 e. The van der Waals surface area contributed by atoms with Crippen LogP contribution in [0.25, 0.3) is 5.95 Å². The van der Waals surface area contributed by atoms with Crippen LogP contribution in [0.15, 0.2) is 12.3 Å². The number of Topliss-reactive ketones (excluding diaryl/α,β-unsaturated/α-hetero) is 1. The smallest absolute Gasteiger partial charge is 0.251 e. The topological polar surface area (TPSA) is 60.7 Å². The zero-order valence-corrected chi connectivity index (χ0v) is 11.3. The fourth-order valence-corrected chi connectivity index (χ4v) is 2.61. The molecule has 0 saturated carbocycles. The van der Waals surface area contributed by atoms with Crippen molar-refractivity contribution in [1.29, 1.82) is 0 Å². The van der Waals surface area contributed by atoms with Crippen molar-refractivity contribution in [2.75, 3.05) is 0 Å². The van der Waals surface area contributed by atoms with E-state index in [1.807, 2.05) is 19.9 Å². The Bertz CT molecular complexity index is 639.